The van der Waals surface area contributed by atoms with E-state index in [2.05, 4.69) is 10.1 Å². The van der Waals surface area contributed by atoms with E-state index in [-0.39, 0.29) is 5.82 Å². The Labute approximate surface area is 85.3 Å². The standard InChI is InChI=1S/C7H7Cl2N3O/c1-4-6(3-13)7(10-5(2)8)12(9)11-4/h3H,1-2H3. The van der Waals surface area contributed by atoms with Crippen LogP contribution in [0.5, 0.6) is 0 Å². The Bertz CT molecular complexity index is 366. The summed E-state index contributed by atoms with van der Waals surface area (Å²) in [5.41, 5.74) is 0.886. The molecule has 0 N–H and O–H groups in total. The van der Waals surface area contributed by atoms with E-state index in [1.54, 1.807) is 13.8 Å². The highest BCUT2D eigenvalue weighted by atomic mass is 35.5. The van der Waals surface area contributed by atoms with Crippen molar-refractivity contribution in [2.45, 2.75) is 13.8 Å². The van der Waals surface area contributed by atoms with E-state index in [1.165, 1.54) is 0 Å². The summed E-state index contributed by atoms with van der Waals surface area (Å²) in [6, 6.07) is 0. The van der Waals surface area contributed by atoms with Gasteiger partial charge in [-0.2, -0.15) is 9.30 Å². The van der Waals surface area contributed by atoms with Gasteiger partial charge in [-0.15, -0.1) is 0 Å². The van der Waals surface area contributed by atoms with Crippen molar-refractivity contribution in [2.75, 3.05) is 0 Å². The van der Waals surface area contributed by atoms with Crippen molar-refractivity contribution in [3.05, 3.63) is 11.3 Å². The van der Waals surface area contributed by atoms with E-state index in [4.69, 9.17) is 23.4 Å². The second kappa shape index (κ2) is 3.89. The number of aliphatic imine (C=N–C) groups is 1. The molecule has 1 heterocycles. The zero-order valence-electron chi connectivity index (χ0n) is 7.08. The van der Waals surface area contributed by atoms with Crippen LogP contribution in [0, 0.1) is 6.92 Å². The molecule has 1 aromatic heterocycles. The average Bonchev–Trinajstić information content (AvgIpc) is 2.26. The fourth-order valence-electron chi connectivity index (χ4n) is 0.880. The number of halogens is 2. The Kier molecular flexibility index (Phi) is 3.06. The number of aldehydes is 1. The monoisotopic (exact) mass is 219 g/mol. The van der Waals surface area contributed by atoms with Crippen LogP contribution < -0.4 is 0 Å². The van der Waals surface area contributed by atoms with Gasteiger partial charge in [-0.3, -0.25) is 4.79 Å². The molecule has 0 spiro atoms. The van der Waals surface area contributed by atoms with Crippen molar-refractivity contribution in [3.63, 3.8) is 0 Å². The number of hydrogen-bond donors (Lipinski definition) is 0. The van der Waals surface area contributed by atoms with Gasteiger partial charge in [0.25, 0.3) is 0 Å². The Morgan fingerprint density at radius 3 is 2.77 bits per heavy atom. The predicted octanol–water partition coefficient (Wildman–Crippen LogP) is 2.29. The number of nitrogens with zero attached hydrogens (tertiary/aromatic N) is 3. The number of carbonyl (C=O) groups is 1. The van der Waals surface area contributed by atoms with Gasteiger partial charge < -0.3 is 0 Å². The Morgan fingerprint density at radius 2 is 2.31 bits per heavy atom. The summed E-state index contributed by atoms with van der Waals surface area (Å²) in [6.07, 6.45) is 0.653. The second-order valence-electron chi connectivity index (χ2n) is 2.41. The summed E-state index contributed by atoms with van der Waals surface area (Å²) in [7, 11) is 0. The molecule has 0 unspecified atom stereocenters. The molecule has 6 heteroatoms. The molecule has 0 aliphatic rings. The summed E-state index contributed by atoms with van der Waals surface area (Å²) in [5.74, 6) is 0.265. The van der Waals surface area contributed by atoms with Crippen LogP contribution in [0.25, 0.3) is 0 Å². The maximum Gasteiger partial charge on any atom is 0.180 e. The molecule has 4 nitrogen and oxygen atoms in total. The van der Waals surface area contributed by atoms with Crippen LogP contribution in [0.4, 0.5) is 5.82 Å². The van der Waals surface area contributed by atoms with Gasteiger partial charge >= 0.3 is 0 Å². The average molecular weight is 220 g/mol. The molecule has 13 heavy (non-hydrogen) atoms. The lowest BCUT2D eigenvalue weighted by Gasteiger charge is -1.92. The van der Waals surface area contributed by atoms with Crippen LogP contribution in [-0.2, 0) is 0 Å². The van der Waals surface area contributed by atoms with Crippen molar-refractivity contribution < 1.29 is 4.79 Å². The first-order valence-electron chi connectivity index (χ1n) is 3.48. The number of hydrogen-bond acceptors (Lipinski definition) is 3. The van der Waals surface area contributed by atoms with Crippen LogP contribution >= 0.6 is 23.4 Å². The molecule has 0 saturated heterocycles. The molecule has 0 radical (unpaired) electrons. The molecule has 0 bridgehead atoms. The molecule has 70 valence electrons. The highest BCUT2D eigenvalue weighted by molar-refractivity contribution is 6.65. The molecule has 0 aliphatic carbocycles. The third kappa shape index (κ3) is 2.08. The third-order valence-corrected chi connectivity index (χ3v) is 1.74. The van der Waals surface area contributed by atoms with E-state index >= 15 is 0 Å². The molecular formula is C7H7Cl2N3O. The molecule has 0 aromatic carbocycles. The fraction of sp³-hybridized carbons (Fsp3) is 0.286. The molecular weight excluding hydrogens is 213 g/mol. The number of aromatic nitrogens is 2. The van der Waals surface area contributed by atoms with Crippen LogP contribution in [0.3, 0.4) is 0 Å². The quantitative estimate of drug-likeness (QED) is 0.567. The van der Waals surface area contributed by atoms with Gasteiger partial charge in [0.05, 0.1) is 11.3 Å². The van der Waals surface area contributed by atoms with Gasteiger partial charge in [0.2, 0.25) is 0 Å². The van der Waals surface area contributed by atoms with E-state index in [1.807, 2.05) is 0 Å². The fourth-order valence-corrected chi connectivity index (χ4v) is 1.20. The smallest absolute Gasteiger partial charge is 0.180 e. The number of aryl methyl sites for hydroxylation is 1. The third-order valence-electron chi connectivity index (χ3n) is 1.42. The van der Waals surface area contributed by atoms with Gasteiger partial charge in [-0.05, 0) is 13.8 Å². The lowest BCUT2D eigenvalue weighted by molar-refractivity contribution is 0.112. The molecule has 0 amide bonds. The van der Waals surface area contributed by atoms with Crippen LogP contribution in [0.1, 0.15) is 23.0 Å². The van der Waals surface area contributed by atoms with Crippen molar-refractivity contribution >= 4 is 40.7 Å². The van der Waals surface area contributed by atoms with Gasteiger partial charge in [-0.25, -0.2) is 4.99 Å². The van der Waals surface area contributed by atoms with E-state index in [9.17, 15) is 4.79 Å². The summed E-state index contributed by atoms with van der Waals surface area (Å²) in [4.78, 5) is 14.5. The maximum atomic E-state index is 10.6. The number of rotatable bonds is 2. The largest absolute Gasteiger partial charge is 0.298 e. The van der Waals surface area contributed by atoms with Crippen LogP contribution in [-0.4, -0.2) is 20.8 Å². The van der Waals surface area contributed by atoms with Crippen molar-refractivity contribution in [1.29, 1.82) is 0 Å². The number of carbonyl (C=O) groups excluding carboxylic acids is 1. The van der Waals surface area contributed by atoms with Crippen molar-refractivity contribution in [1.82, 2.24) is 9.30 Å². The summed E-state index contributed by atoms with van der Waals surface area (Å²) in [6.45, 7) is 3.26. The van der Waals surface area contributed by atoms with Gasteiger partial charge in [0.1, 0.15) is 5.17 Å². The highest BCUT2D eigenvalue weighted by Crippen LogP contribution is 2.22. The zero-order chi connectivity index (χ0) is 10.0. The lowest BCUT2D eigenvalue weighted by Crippen LogP contribution is -1.84. The lowest BCUT2D eigenvalue weighted by atomic mass is 10.3. The van der Waals surface area contributed by atoms with Crippen molar-refractivity contribution in [3.8, 4) is 0 Å². The summed E-state index contributed by atoms with van der Waals surface area (Å²) < 4.78 is 1.00. The van der Waals surface area contributed by atoms with Gasteiger partial charge in [0.15, 0.2) is 12.1 Å². The van der Waals surface area contributed by atoms with E-state index < -0.39 is 0 Å². The van der Waals surface area contributed by atoms with Crippen LogP contribution in [0.2, 0.25) is 0 Å². The molecule has 0 saturated carbocycles. The maximum absolute atomic E-state index is 10.6. The van der Waals surface area contributed by atoms with Crippen LogP contribution in [0.15, 0.2) is 4.99 Å². The van der Waals surface area contributed by atoms with Crippen molar-refractivity contribution in [2.24, 2.45) is 4.99 Å². The van der Waals surface area contributed by atoms with Gasteiger partial charge in [0, 0.05) is 11.8 Å². The minimum absolute atomic E-state index is 0.265. The Balaban J connectivity index is 3.33. The Morgan fingerprint density at radius 1 is 1.69 bits per heavy atom. The normalized spacial score (nSPS) is 11.8. The second-order valence-corrected chi connectivity index (χ2v) is 3.28. The van der Waals surface area contributed by atoms with E-state index in [0.717, 1.165) is 4.20 Å². The molecule has 0 fully saturated rings. The Hall–Kier alpha value is -0.870. The molecule has 1 rings (SSSR count). The predicted molar refractivity (Wildman–Crippen MR) is 52.2 cm³/mol. The van der Waals surface area contributed by atoms with E-state index in [0.29, 0.717) is 22.7 Å². The first-order valence-corrected chi connectivity index (χ1v) is 4.19. The summed E-state index contributed by atoms with van der Waals surface area (Å²) >= 11 is 11.2. The first-order chi connectivity index (χ1) is 6.06. The highest BCUT2D eigenvalue weighted by Gasteiger charge is 2.12. The minimum atomic E-state index is 0.265. The first kappa shape index (κ1) is 10.2. The van der Waals surface area contributed by atoms with Gasteiger partial charge in [-0.1, -0.05) is 11.6 Å². The zero-order valence-corrected chi connectivity index (χ0v) is 8.60. The molecule has 0 aliphatic heterocycles. The molecule has 1 aromatic rings. The topological polar surface area (TPSA) is 47.2 Å². The minimum Gasteiger partial charge on any atom is -0.298 e. The SMILES string of the molecule is CC(Cl)=Nc1c(C=O)c(C)nn1Cl. The molecule has 0 atom stereocenters. The summed E-state index contributed by atoms with van der Waals surface area (Å²) in [5, 5.41) is 4.12.